The monoisotopic (exact) mass is 390 g/mol. The number of piperazine rings is 1. The second-order valence-corrected chi connectivity index (χ2v) is 7.14. The Labute approximate surface area is 163 Å². The predicted octanol–water partition coefficient (Wildman–Crippen LogP) is 1.65. The van der Waals surface area contributed by atoms with Crippen LogP contribution in [-0.4, -0.2) is 71.8 Å². The van der Waals surface area contributed by atoms with Crippen molar-refractivity contribution >= 4 is 29.4 Å². The van der Waals surface area contributed by atoms with Crippen LogP contribution in [0.5, 0.6) is 0 Å². The number of imide groups is 1. The van der Waals surface area contributed by atoms with E-state index in [1.54, 1.807) is 29.2 Å². The van der Waals surface area contributed by atoms with Crippen LogP contribution in [0.4, 0.5) is 4.79 Å². The molecule has 27 heavy (non-hydrogen) atoms. The molecule has 144 valence electrons. The van der Waals surface area contributed by atoms with Crippen molar-refractivity contribution in [3.05, 3.63) is 47.5 Å². The van der Waals surface area contributed by atoms with Crippen molar-refractivity contribution in [2.45, 2.75) is 12.5 Å². The molecule has 0 aliphatic carbocycles. The molecule has 8 heteroatoms. The van der Waals surface area contributed by atoms with Gasteiger partial charge in [0.05, 0.1) is 12.5 Å². The van der Waals surface area contributed by atoms with Gasteiger partial charge in [0.15, 0.2) is 0 Å². The van der Waals surface area contributed by atoms with Gasteiger partial charge in [0.1, 0.15) is 6.54 Å². The summed E-state index contributed by atoms with van der Waals surface area (Å²) in [7, 11) is 0. The minimum absolute atomic E-state index is 0.119. The standard InChI is InChI=1S/C19H23ClN4O3/c1-2-7-22-8-10-23(11-9-22)18(26)13-24-17(25)12-16(21-19(24)27)14-3-5-15(20)6-4-14/h2-6,16H,1,7-13H2,(H,21,27). The molecule has 1 N–H and O–H groups in total. The molecule has 1 atom stereocenters. The maximum atomic E-state index is 12.5. The van der Waals surface area contributed by atoms with Crippen molar-refractivity contribution in [1.82, 2.24) is 20.0 Å². The van der Waals surface area contributed by atoms with Crippen molar-refractivity contribution in [2.24, 2.45) is 0 Å². The lowest BCUT2D eigenvalue weighted by Gasteiger charge is -2.36. The van der Waals surface area contributed by atoms with Gasteiger partial charge in [0.2, 0.25) is 11.8 Å². The Morgan fingerprint density at radius 1 is 1.19 bits per heavy atom. The lowest BCUT2D eigenvalue weighted by Crippen LogP contribution is -2.56. The van der Waals surface area contributed by atoms with Crippen LogP contribution in [0.15, 0.2) is 36.9 Å². The Hall–Kier alpha value is -2.38. The zero-order valence-electron chi connectivity index (χ0n) is 15.1. The highest BCUT2D eigenvalue weighted by Crippen LogP contribution is 2.23. The van der Waals surface area contributed by atoms with E-state index in [1.807, 2.05) is 6.08 Å². The first-order chi connectivity index (χ1) is 13.0. The molecule has 0 bridgehead atoms. The third-order valence-corrected chi connectivity index (χ3v) is 5.15. The molecule has 2 aliphatic heterocycles. The van der Waals surface area contributed by atoms with E-state index < -0.39 is 12.1 Å². The first-order valence-electron chi connectivity index (χ1n) is 8.95. The highest BCUT2D eigenvalue weighted by molar-refractivity contribution is 6.30. The number of benzene rings is 1. The van der Waals surface area contributed by atoms with Crippen LogP contribution in [0, 0.1) is 0 Å². The molecule has 2 heterocycles. The summed E-state index contributed by atoms with van der Waals surface area (Å²) in [4.78, 5) is 42.3. The van der Waals surface area contributed by atoms with E-state index in [1.165, 1.54) is 0 Å². The fourth-order valence-electron chi connectivity index (χ4n) is 3.33. The molecule has 0 radical (unpaired) electrons. The average molecular weight is 391 g/mol. The Bertz CT molecular complexity index is 711. The van der Waals surface area contributed by atoms with Crippen LogP contribution in [0.25, 0.3) is 0 Å². The molecule has 2 aliphatic rings. The molecule has 3 rings (SSSR count). The van der Waals surface area contributed by atoms with Crippen molar-refractivity contribution in [2.75, 3.05) is 39.3 Å². The molecule has 1 aromatic carbocycles. The molecular weight excluding hydrogens is 368 g/mol. The van der Waals surface area contributed by atoms with E-state index >= 15 is 0 Å². The third-order valence-electron chi connectivity index (χ3n) is 4.90. The van der Waals surface area contributed by atoms with Crippen LogP contribution in [-0.2, 0) is 9.59 Å². The Morgan fingerprint density at radius 3 is 2.44 bits per heavy atom. The fourth-order valence-corrected chi connectivity index (χ4v) is 3.46. The highest BCUT2D eigenvalue weighted by atomic mass is 35.5. The maximum Gasteiger partial charge on any atom is 0.325 e. The topological polar surface area (TPSA) is 73.0 Å². The van der Waals surface area contributed by atoms with Gasteiger partial charge in [-0.15, -0.1) is 6.58 Å². The second kappa shape index (κ2) is 8.54. The molecule has 0 aromatic heterocycles. The van der Waals surface area contributed by atoms with E-state index in [-0.39, 0.29) is 24.8 Å². The van der Waals surface area contributed by atoms with E-state index in [2.05, 4.69) is 16.8 Å². The third kappa shape index (κ3) is 4.67. The molecule has 7 nitrogen and oxygen atoms in total. The Kier molecular flexibility index (Phi) is 6.13. The van der Waals surface area contributed by atoms with Crippen molar-refractivity contribution in [3.63, 3.8) is 0 Å². The molecular formula is C19H23ClN4O3. The number of rotatable bonds is 5. The molecule has 4 amide bonds. The number of carbonyl (C=O) groups excluding carboxylic acids is 3. The van der Waals surface area contributed by atoms with Crippen LogP contribution in [0.2, 0.25) is 5.02 Å². The zero-order chi connectivity index (χ0) is 19.4. The highest BCUT2D eigenvalue weighted by Gasteiger charge is 2.35. The smallest absolute Gasteiger partial charge is 0.325 e. The van der Waals surface area contributed by atoms with Gasteiger partial charge in [0.25, 0.3) is 0 Å². The number of urea groups is 1. The number of hydrogen-bond donors (Lipinski definition) is 1. The van der Waals surface area contributed by atoms with Gasteiger partial charge >= 0.3 is 6.03 Å². The number of carbonyl (C=O) groups is 3. The van der Waals surface area contributed by atoms with Gasteiger partial charge in [-0.1, -0.05) is 29.8 Å². The molecule has 0 saturated carbocycles. The van der Waals surface area contributed by atoms with E-state index in [4.69, 9.17) is 11.6 Å². The minimum Gasteiger partial charge on any atom is -0.339 e. The number of hydrogen-bond acceptors (Lipinski definition) is 4. The summed E-state index contributed by atoms with van der Waals surface area (Å²) in [5.41, 5.74) is 0.811. The molecule has 0 spiro atoms. The summed E-state index contributed by atoms with van der Waals surface area (Å²) in [6.07, 6.45) is 1.96. The van der Waals surface area contributed by atoms with Crippen molar-refractivity contribution < 1.29 is 14.4 Å². The van der Waals surface area contributed by atoms with Crippen molar-refractivity contribution in [1.29, 1.82) is 0 Å². The first-order valence-corrected chi connectivity index (χ1v) is 9.33. The van der Waals surface area contributed by atoms with E-state index in [0.29, 0.717) is 18.1 Å². The Balaban J connectivity index is 1.56. The van der Waals surface area contributed by atoms with Crippen LogP contribution in [0.1, 0.15) is 18.0 Å². The summed E-state index contributed by atoms with van der Waals surface area (Å²) >= 11 is 5.88. The summed E-state index contributed by atoms with van der Waals surface area (Å²) in [5, 5.41) is 3.39. The second-order valence-electron chi connectivity index (χ2n) is 6.71. The number of amides is 4. The van der Waals surface area contributed by atoms with Crippen LogP contribution >= 0.6 is 11.6 Å². The van der Waals surface area contributed by atoms with Crippen LogP contribution < -0.4 is 5.32 Å². The zero-order valence-corrected chi connectivity index (χ0v) is 15.8. The van der Waals surface area contributed by atoms with E-state index in [0.717, 1.165) is 30.1 Å². The van der Waals surface area contributed by atoms with Crippen LogP contribution in [0.3, 0.4) is 0 Å². The van der Waals surface area contributed by atoms with Gasteiger partial charge in [-0.3, -0.25) is 19.4 Å². The number of nitrogens with one attached hydrogen (secondary N) is 1. The molecule has 2 fully saturated rings. The van der Waals surface area contributed by atoms with Gasteiger partial charge in [0, 0.05) is 37.7 Å². The quantitative estimate of drug-likeness (QED) is 0.776. The van der Waals surface area contributed by atoms with Gasteiger partial charge in [-0.25, -0.2) is 4.79 Å². The van der Waals surface area contributed by atoms with Gasteiger partial charge in [-0.05, 0) is 17.7 Å². The SMILES string of the molecule is C=CCN1CCN(C(=O)CN2C(=O)CC(c3ccc(Cl)cc3)NC2=O)CC1. The Morgan fingerprint density at radius 2 is 1.85 bits per heavy atom. The number of nitrogens with zero attached hydrogens (tertiary/aromatic N) is 3. The maximum absolute atomic E-state index is 12.5. The lowest BCUT2D eigenvalue weighted by atomic mass is 10.0. The predicted molar refractivity (Wildman–Crippen MR) is 102 cm³/mol. The normalized spacial score (nSPS) is 21.1. The molecule has 1 aromatic rings. The molecule has 1 unspecified atom stereocenters. The van der Waals surface area contributed by atoms with Gasteiger partial charge in [-0.2, -0.15) is 0 Å². The summed E-state index contributed by atoms with van der Waals surface area (Å²) in [5.74, 6) is -0.556. The molecule has 2 saturated heterocycles. The van der Waals surface area contributed by atoms with E-state index in [9.17, 15) is 14.4 Å². The fraction of sp³-hybridized carbons (Fsp3) is 0.421. The summed E-state index contributed by atoms with van der Waals surface area (Å²) in [6, 6.07) is 6.06. The summed E-state index contributed by atoms with van der Waals surface area (Å²) in [6.45, 7) is 6.98. The summed E-state index contributed by atoms with van der Waals surface area (Å²) < 4.78 is 0. The minimum atomic E-state index is -0.537. The van der Waals surface area contributed by atoms with Gasteiger partial charge < -0.3 is 10.2 Å². The average Bonchev–Trinajstić information content (AvgIpc) is 2.66. The largest absolute Gasteiger partial charge is 0.339 e. The first kappa shape index (κ1) is 19.4. The lowest BCUT2D eigenvalue weighted by molar-refractivity contribution is -0.140. The number of halogens is 1. The van der Waals surface area contributed by atoms with Crippen molar-refractivity contribution in [3.8, 4) is 0 Å².